The van der Waals surface area contributed by atoms with Gasteiger partial charge in [-0.25, -0.2) is 9.59 Å². The highest BCUT2D eigenvalue weighted by Gasteiger charge is 2.21. The minimum atomic E-state index is -0.995. The standard InChI is InChI=1S/C14H22N2O3S/c1-3-6-10(12-8-5-9-20-12)15-14(19)16-11(7-4-2)13(17)18/h5,8-11H,3-4,6-7H2,1-2H3,(H,17,18)(H2,15,16,19)/t10?,11-/m1/s1. The predicted molar refractivity (Wildman–Crippen MR) is 80.0 cm³/mol. The van der Waals surface area contributed by atoms with Crippen molar-refractivity contribution in [2.75, 3.05) is 0 Å². The first-order chi connectivity index (χ1) is 9.58. The molecule has 0 saturated carbocycles. The Morgan fingerprint density at radius 2 is 1.95 bits per heavy atom. The fraction of sp³-hybridized carbons (Fsp3) is 0.571. The molecule has 0 aliphatic rings. The van der Waals surface area contributed by atoms with Crippen molar-refractivity contribution in [3.05, 3.63) is 22.4 Å². The van der Waals surface area contributed by atoms with Crippen LogP contribution in [0.5, 0.6) is 0 Å². The molecule has 0 spiro atoms. The molecule has 20 heavy (non-hydrogen) atoms. The average molecular weight is 298 g/mol. The molecule has 6 heteroatoms. The van der Waals surface area contributed by atoms with Gasteiger partial charge in [-0.3, -0.25) is 0 Å². The first-order valence-corrected chi connectivity index (χ1v) is 7.79. The molecule has 5 nitrogen and oxygen atoms in total. The molecular formula is C14H22N2O3S. The molecular weight excluding hydrogens is 276 g/mol. The van der Waals surface area contributed by atoms with E-state index in [0.717, 1.165) is 17.7 Å². The van der Waals surface area contributed by atoms with Gasteiger partial charge in [-0.15, -0.1) is 11.3 Å². The van der Waals surface area contributed by atoms with Gasteiger partial charge in [0, 0.05) is 4.88 Å². The van der Waals surface area contributed by atoms with Crippen molar-refractivity contribution < 1.29 is 14.7 Å². The number of carbonyl (C=O) groups excluding carboxylic acids is 1. The average Bonchev–Trinajstić information content (AvgIpc) is 2.91. The van der Waals surface area contributed by atoms with E-state index in [2.05, 4.69) is 17.6 Å². The summed E-state index contributed by atoms with van der Waals surface area (Å²) in [5.41, 5.74) is 0. The number of hydrogen-bond donors (Lipinski definition) is 3. The summed E-state index contributed by atoms with van der Waals surface area (Å²) >= 11 is 1.59. The maximum absolute atomic E-state index is 11.9. The Bertz CT molecular complexity index is 420. The molecule has 0 bridgehead atoms. The second kappa shape index (κ2) is 8.58. The lowest BCUT2D eigenvalue weighted by atomic mass is 10.1. The van der Waals surface area contributed by atoms with Crippen LogP contribution in [0.25, 0.3) is 0 Å². The number of hydrogen-bond acceptors (Lipinski definition) is 3. The number of amides is 2. The van der Waals surface area contributed by atoms with E-state index in [-0.39, 0.29) is 6.04 Å². The van der Waals surface area contributed by atoms with Crippen molar-refractivity contribution in [1.29, 1.82) is 0 Å². The van der Waals surface area contributed by atoms with E-state index >= 15 is 0 Å². The van der Waals surface area contributed by atoms with Gasteiger partial charge in [0.15, 0.2) is 0 Å². The van der Waals surface area contributed by atoms with Gasteiger partial charge in [-0.1, -0.05) is 32.8 Å². The summed E-state index contributed by atoms with van der Waals surface area (Å²) in [5.74, 6) is -0.995. The van der Waals surface area contributed by atoms with Crippen LogP contribution in [0.3, 0.4) is 0 Å². The van der Waals surface area contributed by atoms with Crippen molar-refractivity contribution in [1.82, 2.24) is 10.6 Å². The summed E-state index contributed by atoms with van der Waals surface area (Å²) in [6.07, 6.45) is 2.92. The number of aliphatic carboxylic acids is 1. The minimum absolute atomic E-state index is 0.0592. The Kier molecular flexibility index (Phi) is 7.08. The molecule has 2 amide bonds. The number of carboxylic acid groups (broad SMARTS) is 1. The SMILES string of the molecule is CCCC(NC(=O)N[C@H](CCC)C(=O)O)c1cccs1. The smallest absolute Gasteiger partial charge is 0.326 e. The van der Waals surface area contributed by atoms with E-state index in [1.54, 1.807) is 11.3 Å². The van der Waals surface area contributed by atoms with Gasteiger partial charge in [-0.2, -0.15) is 0 Å². The molecule has 112 valence electrons. The van der Waals surface area contributed by atoms with Crippen LogP contribution in [0, 0.1) is 0 Å². The van der Waals surface area contributed by atoms with Crippen LogP contribution in [0.1, 0.15) is 50.4 Å². The van der Waals surface area contributed by atoms with Crippen LogP contribution in [0.15, 0.2) is 17.5 Å². The highest BCUT2D eigenvalue weighted by molar-refractivity contribution is 7.10. The molecule has 1 unspecified atom stereocenters. The first-order valence-electron chi connectivity index (χ1n) is 6.91. The minimum Gasteiger partial charge on any atom is -0.480 e. The summed E-state index contributed by atoms with van der Waals surface area (Å²) in [5, 5.41) is 16.4. The highest BCUT2D eigenvalue weighted by atomic mass is 32.1. The van der Waals surface area contributed by atoms with Crippen molar-refractivity contribution in [2.24, 2.45) is 0 Å². The lowest BCUT2D eigenvalue weighted by Crippen LogP contribution is -2.46. The van der Waals surface area contributed by atoms with E-state index in [4.69, 9.17) is 5.11 Å². The first kappa shape index (κ1) is 16.5. The largest absolute Gasteiger partial charge is 0.480 e. The summed E-state index contributed by atoms with van der Waals surface area (Å²) in [6, 6.07) is 2.62. The van der Waals surface area contributed by atoms with Crippen LogP contribution >= 0.6 is 11.3 Å². The normalized spacial score (nSPS) is 13.5. The molecule has 1 heterocycles. The van der Waals surface area contributed by atoms with Crippen molar-refractivity contribution in [3.8, 4) is 0 Å². The zero-order valence-corrected chi connectivity index (χ0v) is 12.7. The molecule has 1 aromatic rings. The monoisotopic (exact) mass is 298 g/mol. The summed E-state index contributed by atoms with van der Waals surface area (Å²) < 4.78 is 0. The van der Waals surface area contributed by atoms with Crippen LogP contribution in [0.4, 0.5) is 4.79 Å². The van der Waals surface area contributed by atoms with Crippen LogP contribution in [0.2, 0.25) is 0 Å². The molecule has 3 N–H and O–H groups in total. The quantitative estimate of drug-likeness (QED) is 0.690. The second-order valence-electron chi connectivity index (χ2n) is 4.65. The van der Waals surface area contributed by atoms with Gasteiger partial charge in [0.2, 0.25) is 0 Å². The third kappa shape index (κ3) is 5.21. The van der Waals surface area contributed by atoms with Crippen molar-refractivity contribution in [3.63, 3.8) is 0 Å². The third-order valence-electron chi connectivity index (χ3n) is 2.95. The zero-order valence-electron chi connectivity index (χ0n) is 11.9. The summed E-state index contributed by atoms with van der Waals surface area (Å²) in [6.45, 7) is 3.94. The van der Waals surface area contributed by atoms with Crippen molar-refractivity contribution in [2.45, 2.75) is 51.6 Å². The highest BCUT2D eigenvalue weighted by Crippen LogP contribution is 2.23. The summed E-state index contributed by atoms with van der Waals surface area (Å²) in [7, 11) is 0. The zero-order chi connectivity index (χ0) is 15.0. The molecule has 0 aromatic carbocycles. The fourth-order valence-electron chi connectivity index (χ4n) is 1.97. The Hall–Kier alpha value is -1.56. The number of urea groups is 1. The van der Waals surface area contributed by atoms with Crippen LogP contribution in [-0.4, -0.2) is 23.1 Å². The Labute approximate surface area is 123 Å². The van der Waals surface area contributed by atoms with Gasteiger partial charge < -0.3 is 15.7 Å². The molecule has 0 radical (unpaired) electrons. The Morgan fingerprint density at radius 3 is 2.45 bits per heavy atom. The van der Waals surface area contributed by atoms with Gasteiger partial charge in [-0.05, 0) is 24.3 Å². The van der Waals surface area contributed by atoms with E-state index in [9.17, 15) is 9.59 Å². The van der Waals surface area contributed by atoms with Crippen LogP contribution in [-0.2, 0) is 4.79 Å². The van der Waals surface area contributed by atoms with E-state index in [1.165, 1.54) is 0 Å². The molecule has 1 rings (SSSR count). The second-order valence-corrected chi connectivity index (χ2v) is 5.63. The predicted octanol–water partition coefficient (Wildman–Crippen LogP) is 3.14. The van der Waals surface area contributed by atoms with Gasteiger partial charge >= 0.3 is 12.0 Å². The fourth-order valence-corrected chi connectivity index (χ4v) is 2.78. The Balaban J connectivity index is 2.59. The third-order valence-corrected chi connectivity index (χ3v) is 3.94. The number of carboxylic acids is 1. The van der Waals surface area contributed by atoms with E-state index < -0.39 is 18.0 Å². The molecule has 0 aliphatic heterocycles. The molecule has 0 aliphatic carbocycles. The van der Waals surface area contributed by atoms with Crippen molar-refractivity contribution >= 4 is 23.3 Å². The molecule has 0 fully saturated rings. The molecule has 2 atom stereocenters. The van der Waals surface area contributed by atoms with E-state index in [0.29, 0.717) is 12.8 Å². The van der Waals surface area contributed by atoms with Gasteiger partial charge in [0.1, 0.15) is 6.04 Å². The van der Waals surface area contributed by atoms with Crippen LogP contribution < -0.4 is 10.6 Å². The number of rotatable bonds is 8. The van der Waals surface area contributed by atoms with Gasteiger partial charge in [0.05, 0.1) is 6.04 Å². The lowest BCUT2D eigenvalue weighted by molar-refractivity contribution is -0.139. The summed E-state index contributed by atoms with van der Waals surface area (Å²) in [4.78, 5) is 24.0. The Morgan fingerprint density at radius 1 is 1.25 bits per heavy atom. The lowest BCUT2D eigenvalue weighted by Gasteiger charge is -2.19. The maximum atomic E-state index is 11.9. The maximum Gasteiger partial charge on any atom is 0.326 e. The number of nitrogens with one attached hydrogen (secondary N) is 2. The molecule has 1 aromatic heterocycles. The van der Waals surface area contributed by atoms with Gasteiger partial charge in [0.25, 0.3) is 0 Å². The topological polar surface area (TPSA) is 78.4 Å². The number of thiophene rings is 1. The molecule has 0 saturated heterocycles. The number of carbonyl (C=O) groups is 2. The van der Waals surface area contributed by atoms with E-state index in [1.807, 2.05) is 24.4 Å².